The summed E-state index contributed by atoms with van der Waals surface area (Å²) in [6.07, 6.45) is 0. The van der Waals surface area contributed by atoms with E-state index < -0.39 is 29.1 Å². The highest BCUT2D eigenvalue weighted by Gasteiger charge is 2.21. The molecule has 0 aromatic heterocycles. The minimum absolute atomic E-state index is 0.0525. The fraction of sp³-hybridized carbons (Fsp3) is 0.0667. The van der Waals surface area contributed by atoms with E-state index in [0.29, 0.717) is 5.69 Å². The number of rotatable bonds is 3. The van der Waals surface area contributed by atoms with E-state index in [0.717, 1.165) is 17.0 Å². The summed E-state index contributed by atoms with van der Waals surface area (Å²) in [6, 6.07) is 8.55. The fourth-order valence-corrected chi connectivity index (χ4v) is 1.81. The van der Waals surface area contributed by atoms with Gasteiger partial charge in [0.05, 0.1) is 5.56 Å². The molecule has 0 bridgehead atoms. The van der Waals surface area contributed by atoms with E-state index in [1.54, 1.807) is 0 Å². The maximum atomic E-state index is 13.6. The highest BCUT2D eigenvalue weighted by Crippen LogP contribution is 2.20. The summed E-state index contributed by atoms with van der Waals surface area (Å²) >= 11 is 0. The largest absolute Gasteiger partial charge is 0.478 e. The molecule has 1 amide bonds. The molecule has 2 aromatic rings. The van der Waals surface area contributed by atoms with Crippen molar-refractivity contribution in [2.45, 2.75) is 0 Å². The van der Waals surface area contributed by atoms with Gasteiger partial charge in [0.25, 0.3) is 5.91 Å². The summed E-state index contributed by atoms with van der Waals surface area (Å²) in [5, 5.41) is 8.79. The Bertz CT molecular complexity index is 678. The van der Waals surface area contributed by atoms with Gasteiger partial charge in [0.15, 0.2) is 0 Å². The molecule has 0 aliphatic rings. The van der Waals surface area contributed by atoms with Crippen LogP contribution < -0.4 is 4.90 Å². The number of hydrogen-bond acceptors (Lipinski definition) is 2. The zero-order valence-electron chi connectivity index (χ0n) is 11.0. The summed E-state index contributed by atoms with van der Waals surface area (Å²) in [7, 11) is 1.35. The predicted octanol–water partition coefficient (Wildman–Crippen LogP) is 2.94. The molecule has 0 aliphatic carbocycles. The van der Waals surface area contributed by atoms with Crippen LogP contribution in [0.3, 0.4) is 0 Å². The molecule has 0 unspecified atom stereocenters. The minimum Gasteiger partial charge on any atom is -0.478 e. The van der Waals surface area contributed by atoms with Crippen molar-refractivity contribution in [3.8, 4) is 0 Å². The van der Waals surface area contributed by atoms with Crippen molar-refractivity contribution < 1.29 is 23.5 Å². The summed E-state index contributed by atoms with van der Waals surface area (Å²) in [5.74, 6) is -3.85. The second-order valence-corrected chi connectivity index (χ2v) is 4.31. The molecule has 0 fully saturated rings. The van der Waals surface area contributed by atoms with Crippen LogP contribution in [0.4, 0.5) is 14.5 Å². The number of benzene rings is 2. The Labute approximate surface area is 119 Å². The van der Waals surface area contributed by atoms with Crippen LogP contribution in [0.5, 0.6) is 0 Å². The van der Waals surface area contributed by atoms with Crippen LogP contribution in [0.15, 0.2) is 42.5 Å². The van der Waals surface area contributed by atoms with Gasteiger partial charge in [0.1, 0.15) is 17.2 Å². The van der Waals surface area contributed by atoms with Crippen LogP contribution in [0.1, 0.15) is 20.7 Å². The van der Waals surface area contributed by atoms with E-state index >= 15 is 0 Å². The number of hydrogen-bond donors (Lipinski definition) is 1. The smallest absolute Gasteiger partial charge is 0.335 e. The lowest BCUT2D eigenvalue weighted by Gasteiger charge is -2.18. The SMILES string of the molecule is CN(C(=O)c1c(F)cccc1F)c1ccc(C(=O)O)cc1. The highest BCUT2D eigenvalue weighted by molar-refractivity contribution is 6.06. The average molecular weight is 291 g/mol. The lowest BCUT2D eigenvalue weighted by molar-refractivity contribution is 0.0696. The molecule has 0 saturated heterocycles. The Morgan fingerprint density at radius 2 is 1.52 bits per heavy atom. The Morgan fingerprint density at radius 1 is 1.00 bits per heavy atom. The molecule has 0 saturated carbocycles. The van der Waals surface area contributed by atoms with Crippen molar-refractivity contribution in [1.29, 1.82) is 0 Å². The number of carbonyl (C=O) groups excluding carboxylic acids is 1. The van der Waals surface area contributed by atoms with Crippen LogP contribution in [0, 0.1) is 11.6 Å². The maximum absolute atomic E-state index is 13.6. The number of aromatic carboxylic acids is 1. The molecule has 6 heteroatoms. The van der Waals surface area contributed by atoms with Crippen LogP contribution >= 0.6 is 0 Å². The number of carboxylic acids is 1. The Hall–Kier alpha value is -2.76. The monoisotopic (exact) mass is 291 g/mol. The Morgan fingerprint density at radius 3 is 2.00 bits per heavy atom. The third-order valence-electron chi connectivity index (χ3n) is 2.98. The molecule has 4 nitrogen and oxygen atoms in total. The first kappa shape index (κ1) is 14.6. The Balaban J connectivity index is 2.33. The molecule has 0 atom stereocenters. The van der Waals surface area contributed by atoms with Gasteiger partial charge < -0.3 is 10.0 Å². The number of carboxylic acid groups (broad SMARTS) is 1. The van der Waals surface area contributed by atoms with Crippen molar-refractivity contribution in [3.05, 3.63) is 65.2 Å². The van der Waals surface area contributed by atoms with Gasteiger partial charge >= 0.3 is 5.97 Å². The molecular weight excluding hydrogens is 280 g/mol. The first-order valence-corrected chi connectivity index (χ1v) is 5.97. The van der Waals surface area contributed by atoms with E-state index in [1.807, 2.05) is 0 Å². The van der Waals surface area contributed by atoms with Gasteiger partial charge in [0, 0.05) is 12.7 Å². The summed E-state index contributed by atoms with van der Waals surface area (Å²) < 4.78 is 27.2. The minimum atomic E-state index is -1.10. The summed E-state index contributed by atoms with van der Waals surface area (Å²) in [5.41, 5.74) is -0.272. The molecule has 0 aliphatic heterocycles. The molecule has 0 heterocycles. The number of carbonyl (C=O) groups is 2. The van der Waals surface area contributed by atoms with E-state index in [-0.39, 0.29) is 5.56 Å². The standard InChI is InChI=1S/C15H11F2NO3/c1-18(10-7-5-9(6-8-10)15(20)21)14(19)13-11(16)3-2-4-12(13)17/h2-8H,1H3,(H,20,21). The molecule has 0 spiro atoms. The van der Waals surface area contributed by atoms with E-state index in [2.05, 4.69) is 0 Å². The molecule has 21 heavy (non-hydrogen) atoms. The van der Waals surface area contributed by atoms with Crippen molar-refractivity contribution >= 4 is 17.6 Å². The van der Waals surface area contributed by atoms with Crippen molar-refractivity contribution in [2.24, 2.45) is 0 Å². The first-order valence-electron chi connectivity index (χ1n) is 5.97. The fourth-order valence-electron chi connectivity index (χ4n) is 1.81. The van der Waals surface area contributed by atoms with Gasteiger partial charge in [-0.05, 0) is 36.4 Å². The van der Waals surface area contributed by atoms with Crippen molar-refractivity contribution in [1.82, 2.24) is 0 Å². The van der Waals surface area contributed by atoms with E-state index in [1.165, 1.54) is 37.4 Å². The molecular formula is C15H11F2NO3. The van der Waals surface area contributed by atoms with Gasteiger partial charge in [-0.2, -0.15) is 0 Å². The van der Waals surface area contributed by atoms with Gasteiger partial charge in [-0.15, -0.1) is 0 Å². The quantitative estimate of drug-likeness (QED) is 0.946. The van der Waals surface area contributed by atoms with Crippen LogP contribution in [0.2, 0.25) is 0 Å². The van der Waals surface area contributed by atoms with Gasteiger partial charge in [-0.3, -0.25) is 4.79 Å². The van der Waals surface area contributed by atoms with Crippen LogP contribution in [-0.2, 0) is 0 Å². The second-order valence-electron chi connectivity index (χ2n) is 4.31. The molecule has 0 radical (unpaired) electrons. The highest BCUT2D eigenvalue weighted by atomic mass is 19.1. The maximum Gasteiger partial charge on any atom is 0.335 e. The Kier molecular flexibility index (Phi) is 3.98. The number of nitrogens with zero attached hydrogens (tertiary/aromatic N) is 1. The molecule has 1 N–H and O–H groups in total. The van der Waals surface area contributed by atoms with Crippen molar-refractivity contribution in [2.75, 3.05) is 11.9 Å². The van der Waals surface area contributed by atoms with E-state index in [4.69, 9.17) is 5.11 Å². The zero-order chi connectivity index (χ0) is 15.6. The van der Waals surface area contributed by atoms with Gasteiger partial charge in [-0.25, -0.2) is 13.6 Å². The van der Waals surface area contributed by atoms with Crippen LogP contribution in [-0.4, -0.2) is 24.0 Å². The number of halogens is 2. The second kappa shape index (κ2) is 5.70. The zero-order valence-corrected chi connectivity index (χ0v) is 11.0. The lowest BCUT2D eigenvalue weighted by atomic mass is 10.1. The molecule has 2 aromatic carbocycles. The summed E-state index contributed by atoms with van der Waals surface area (Å²) in [4.78, 5) is 23.9. The molecule has 108 valence electrons. The van der Waals surface area contributed by atoms with Crippen LogP contribution in [0.25, 0.3) is 0 Å². The third kappa shape index (κ3) is 2.89. The van der Waals surface area contributed by atoms with Gasteiger partial charge in [0.2, 0.25) is 0 Å². The number of anilines is 1. The van der Waals surface area contributed by atoms with Crippen molar-refractivity contribution in [3.63, 3.8) is 0 Å². The summed E-state index contributed by atoms with van der Waals surface area (Å²) in [6.45, 7) is 0. The number of amides is 1. The molecule has 2 rings (SSSR count). The predicted molar refractivity (Wildman–Crippen MR) is 72.5 cm³/mol. The van der Waals surface area contributed by atoms with Gasteiger partial charge in [-0.1, -0.05) is 6.07 Å². The lowest BCUT2D eigenvalue weighted by Crippen LogP contribution is -2.28. The average Bonchev–Trinajstić information content (AvgIpc) is 2.46. The van der Waals surface area contributed by atoms with E-state index in [9.17, 15) is 18.4 Å². The normalized spacial score (nSPS) is 10.2. The topological polar surface area (TPSA) is 57.6 Å². The third-order valence-corrected chi connectivity index (χ3v) is 2.98. The first-order chi connectivity index (χ1) is 9.91.